The van der Waals surface area contributed by atoms with Gasteiger partial charge in [-0.3, -0.25) is 9.59 Å². The number of methoxy groups -OCH3 is 1. The molecule has 0 radical (unpaired) electrons. The molecule has 1 atom stereocenters. The Morgan fingerprint density at radius 3 is 2.65 bits per heavy atom. The van der Waals surface area contributed by atoms with Gasteiger partial charge in [0, 0.05) is 17.1 Å². The molecule has 1 aliphatic heterocycles. The van der Waals surface area contributed by atoms with Crippen LogP contribution >= 0.6 is 11.6 Å². The molecular formula is C24H25ClN2O4. The van der Waals surface area contributed by atoms with Gasteiger partial charge >= 0.3 is 0 Å². The summed E-state index contributed by atoms with van der Waals surface area (Å²) in [7, 11) is 5.56. The highest BCUT2D eigenvalue weighted by Gasteiger charge is 2.43. The fraction of sp³-hybridized carbons (Fsp3) is 0.333. The van der Waals surface area contributed by atoms with Crippen molar-refractivity contribution < 1.29 is 13.9 Å². The van der Waals surface area contributed by atoms with E-state index in [1.807, 2.05) is 45.3 Å². The van der Waals surface area contributed by atoms with Crippen LogP contribution in [0.5, 0.6) is 5.75 Å². The highest BCUT2D eigenvalue weighted by molar-refractivity contribution is 6.32. The lowest BCUT2D eigenvalue weighted by atomic mass is 9.97. The highest BCUT2D eigenvalue weighted by Crippen LogP contribution is 2.41. The Labute approximate surface area is 186 Å². The van der Waals surface area contributed by atoms with Crippen LogP contribution in [0.25, 0.3) is 11.0 Å². The maximum atomic E-state index is 13.6. The number of para-hydroxylation sites is 1. The lowest BCUT2D eigenvalue weighted by Gasteiger charge is -2.26. The summed E-state index contributed by atoms with van der Waals surface area (Å²) in [5, 5.41) is 0.859. The smallest absolute Gasteiger partial charge is 0.290 e. The van der Waals surface area contributed by atoms with Gasteiger partial charge in [-0.2, -0.15) is 0 Å². The molecule has 6 nitrogen and oxygen atoms in total. The quantitative estimate of drug-likeness (QED) is 0.573. The second kappa shape index (κ2) is 8.36. The van der Waals surface area contributed by atoms with E-state index in [1.165, 1.54) is 0 Å². The number of fused-ring (bicyclic) bond motifs is 2. The topological polar surface area (TPSA) is 63.0 Å². The van der Waals surface area contributed by atoms with Crippen molar-refractivity contribution >= 4 is 28.5 Å². The number of carbonyl (C=O) groups is 1. The molecule has 0 saturated heterocycles. The minimum absolute atomic E-state index is 0.0972. The van der Waals surface area contributed by atoms with Gasteiger partial charge in [0.15, 0.2) is 5.43 Å². The van der Waals surface area contributed by atoms with Crippen molar-refractivity contribution in [2.75, 3.05) is 34.3 Å². The Kier molecular flexibility index (Phi) is 5.77. The molecule has 1 aromatic heterocycles. The van der Waals surface area contributed by atoms with E-state index >= 15 is 0 Å². The summed E-state index contributed by atoms with van der Waals surface area (Å²) in [6.07, 6.45) is 0.761. The number of amides is 1. The van der Waals surface area contributed by atoms with Crippen molar-refractivity contribution in [2.45, 2.75) is 19.4 Å². The number of benzene rings is 2. The van der Waals surface area contributed by atoms with E-state index in [1.54, 1.807) is 24.1 Å². The van der Waals surface area contributed by atoms with Crippen molar-refractivity contribution in [1.29, 1.82) is 0 Å². The van der Waals surface area contributed by atoms with E-state index in [9.17, 15) is 9.59 Å². The van der Waals surface area contributed by atoms with Crippen molar-refractivity contribution in [2.24, 2.45) is 0 Å². The van der Waals surface area contributed by atoms with Crippen LogP contribution in [0.4, 0.5) is 0 Å². The zero-order valence-electron chi connectivity index (χ0n) is 18.1. The Bertz CT molecular complexity index is 1220. The Morgan fingerprint density at radius 2 is 1.94 bits per heavy atom. The predicted octanol–water partition coefficient (Wildman–Crippen LogP) is 4.26. The second-order valence-corrected chi connectivity index (χ2v) is 8.48. The number of hydrogen-bond donors (Lipinski definition) is 0. The molecule has 2 heterocycles. The first-order valence-electron chi connectivity index (χ1n) is 10.2. The zero-order chi connectivity index (χ0) is 22.3. The van der Waals surface area contributed by atoms with Crippen LogP contribution in [0.1, 0.15) is 39.7 Å². The maximum absolute atomic E-state index is 13.6. The van der Waals surface area contributed by atoms with Crippen LogP contribution in [0.15, 0.2) is 45.6 Å². The summed E-state index contributed by atoms with van der Waals surface area (Å²) < 4.78 is 11.6. The molecule has 0 saturated carbocycles. The summed E-state index contributed by atoms with van der Waals surface area (Å²) in [5.41, 5.74) is 2.01. The molecule has 3 aromatic rings. The van der Waals surface area contributed by atoms with E-state index in [4.69, 9.17) is 20.8 Å². The van der Waals surface area contributed by atoms with E-state index in [-0.39, 0.29) is 17.1 Å². The Balaban J connectivity index is 1.94. The average Bonchev–Trinajstić information content (AvgIpc) is 3.01. The fourth-order valence-corrected chi connectivity index (χ4v) is 4.31. The van der Waals surface area contributed by atoms with Crippen LogP contribution in [0.2, 0.25) is 5.02 Å². The molecule has 0 aliphatic carbocycles. The summed E-state index contributed by atoms with van der Waals surface area (Å²) in [6.45, 7) is 3.14. The Hall–Kier alpha value is -2.83. The van der Waals surface area contributed by atoms with Crippen LogP contribution in [-0.2, 0) is 0 Å². The molecule has 0 bridgehead atoms. The van der Waals surface area contributed by atoms with Gasteiger partial charge in [0.25, 0.3) is 5.91 Å². The van der Waals surface area contributed by atoms with Crippen LogP contribution in [-0.4, -0.2) is 50.0 Å². The van der Waals surface area contributed by atoms with Crippen LogP contribution in [0.3, 0.4) is 0 Å². The first-order chi connectivity index (χ1) is 14.8. The number of aryl methyl sites for hydroxylation is 1. The molecule has 1 aliphatic rings. The monoisotopic (exact) mass is 440 g/mol. The molecule has 162 valence electrons. The van der Waals surface area contributed by atoms with Gasteiger partial charge in [0.1, 0.15) is 11.3 Å². The predicted molar refractivity (Wildman–Crippen MR) is 121 cm³/mol. The number of halogens is 1. The summed E-state index contributed by atoms with van der Waals surface area (Å²) >= 11 is 6.28. The van der Waals surface area contributed by atoms with Gasteiger partial charge in [-0.25, -0.2) is 0 Å². The summed E-state index contributed by atoms with van der Waals surface area (Å²) in [4.78, 5) is 30.8. The van der Waals surface area contributed by atoms with Gasteiger partial charge < -0.3 is 19.0 Å². The SMILES string of the molecule is COc1ccccc1[C@H]1c2c(oc3cc(C)c(Cl)cc3c2=O)C(=O)N1CCCN(C)C. The first-order valence-corrected chi connectivity index (χ1v) is 10.6. The largest absolute Gasteiger partial charge is 0.496 e. The van der Waals surface area contributed by atoms with Gasteiger partial charge in [-0.1, -0.05) is 29.8 Å². The minimum atomic E-state index is -0.582. The lowest BCUT2D eigenvalue weighted by Crippen LogP contribution is -2.32. The average molecular weight is 441 g/mol. The molecular weight excluding hydrogens is 416 g/mol. The molecule has 4 rings (SSSR count). The maximum Gasteiger partial charge on any atom is 0.290 e. The van der Waals surface area contributed by atoms with Crippen molar-refractivity contribution in [3.8, 4) is 5.75 Å². The highest BCUT2D eigenvalue weighted by atomic mass is 35.5. The molecule has 31 heavy (non-hydrogen) atoms. The van der Waals surface area contributed by atoms with Gasteiger partial charge in [0.05, 0.1) is 24.1 Å². The van der Waals surface area contributed by atoms with Crippen LogP contribution < -0.4 is 10.2 Å². The molecule has 1 amide bonds. The van der Waals surface area contributed by atoms with E-state index in [0.717, 1.165) is 24.1 Å². The number of ether oxygens (including phenoxy) is 1. The molecule has 0 fully saturated rings. The minimum Gasteiger partial charge on any atom is -0.496 e. The van der Waals surface area contributed by atoms with Crippen LogP contribution in [0, 0.1) is 6.92 Å². The molecule has 0 N–H and O–H groups in total. The van der Waals surface area contributed by atoms with E-state index in [0.29, 0.717) is 33.8 Å². The first kappa shape index (κ1) is 21.4. The number of hydrogen-bond acceptors (Lipinski definition) is 5. The van der Waals surface area contributed by atoms with Gasteiger partial charge in [-0.05, 0) is 57.7 Å². The summed E-state index contributed by atoms with van der Waals surface area (Å²) in [5.74, 6) is 0.434. The molecule has 7 heteroatoms. The molecule has 2 aromatic carbocycles. The normalized spacial score (nSPS) is 15.7. The van der Waals surface area contributed by atoms with Crippen molar-refractivity contribution in [3.63, 3.8) is 0 Å². The van der Waals surface area contributed by atoms with Gasteiger partial charge in [0.2, 0.25) is 5.76 Å². The van der Waals surface area contributed by atoms with Crippen molar-refractivity contribution in [3.05, 3.63) is 74.1 Å². The zero-order valence-corrected chi connectivity index (χ0v) is 18.8. The third kappa shape index (κ3) is 3.70. The molecule has 0 spiro atoms. The standard InChI is InChI=1S/C24H25ClN2O4/c1-14-12-19-16(13-17(14)25)22(28)20-21(15-8-5-6-9-18(15)30-4)27(11-7-10-26(2)3)24(29)23(20)31-19/h5-6,8-9,12-13,21H,7,10-11H2,1-4H3/t21-/m0/s1. The molecule has 0 unspecified atom stereocenters. The number of nitrogens with zero attached hydrogens (tertiary/aromatic N) is 2. The fourth-order valence-electron chi connectivity index (χ4n) is 4.14. The number of carbonyl (C=O) groups excluding carboxylic acids is 1. The van der Waals surface area contributed by atoms with E-state index < -0.39 is 6.04 Å². The Morgan fingerprint density at radius 1 is 1.19 bits per heavy atom. The third-order valence-corrected chi connectivity index (χ3v) is 6.09. The third-order valence-electron chi connectivity index (χ3n) is 5.68. The van der Waals surface area contributed by atoms with E-state index in [2.05, 4.69) is 4.90 Å². The second-order valence-electron chi connectivity index (χ2n) is 8.07. The van der Waals surface area contributed by atoms with Gasteiger partial charge in [-0.15, -0.1) is 0 Å². The number of rotatable bonds is 6. The van der Waals surface area contributed by atoms with Crippen molar-refractivity contribution in [1.82, 2.24) is 9.80 Å². The lowest BCUT2D eigenvalue weighted by molar-refractivity contribution is 0.0721. The summed E-state index contributed by atoms with van der Waals surface area (Å²) in [6, 6.07) is 10.2.